The van der Waals surface area contributed by atoms with Crippen molar-refractivity contribution in [1.29, 1.82) is 0 Å². The Bertz CT molecular complexity index is 183. The largest absolute Gasteiger partial charge is 0.481 e. The highest BCUT2D eigenvalue weighted by molar-refractivity contribution is 5.78. The molecule has 0 radical (unpaired) electrons. The maximum absolute atomic E-state index is 10.3. The van der Waals surface area contributed by atoms with Gasteiger partial charge >= 0.3 is 5.97 Å². The van der Waals surface area contributed by atoms with E-state index in [9.17, 15) is 9.59 Å². The number of rotatable bonds is 7. The van der Waals surface area contributed by atoms with Crippen LogP contribution in [-0.2, 0) is 9.59 Å². The second-order valence-corrected chi connectivity index (χ2v) is 2.62. The first kappa shape index (κ1) is 11.9. The average Bonchev–Trinajstić information content (AvgIpc) is 2.02. The van der Waals surface area contributed by atoms with Gasteiger partial charge in [-0.05, 0) is 13.0 Å². The first-order chi connectivity index (χ1) is 6.04. The first-order valence-corrected chi connectivity index (χ1v) is 3.94. The Balaban J connectivity index is 3.26. The van der Waals surface area contributed by atoms with Crippen LogP contribution in [0.4, 0.5) is 0 Å². The van der Waals surface area contributed by atoms with E-state index in [1.807, 2.05) is 0 Å². The number of amides is 1. The van der Waals surface area contributed by atoms with Gasteiger partial charge < -0.3 is 21.3 Å². The van der Waals surface area contributed by atoms with Crippen LogP contribution in [0.25, 0.3) is 0 Å². The van der Waals surface area contributed by atoms with Crippen molar-refractivity contribution in [2.24, 2.45) is 5.73 Å². The minimum absolute atomic E-state index is 0.0644. The second-order valence-electron chi connectivity index (χ2n) is 2.62. The molecule has 1 unspecified atom stereocenters. The first-order valence-electron chi connectivity index (χ1n) is 3.94. The Morgan fingerprint density at radius 1 is 1.46 bits per heavy atom. The normalized spacial score (nSPS) is 12.4. The molecule has 0 aliphatic heterocycles. The zero-order valence-electron chi connectivity index (χ0n) is 7.19. The second kappa shape index (κ2) is 6.38. The third-order valence-corrected chi connectivity index (χ3v) is 1.41. The molecule has 0 aromatic heterocycles. The molecule has 0 aliphatic carbocycles. The lowest BCUT2D eigenvalue weighted by Gasteiger charge is -2.06. The topological polar surface area (TPSA) is 113 Å². The van der Waals surface area contributed by atoms with E-state index in [0.717, 1.165) is 0 Å². The van der Waals surface area contributed by atoms with Gasteiger partial charge in [0.2, 0.25) is 5.91 Å². The highest BCUT2D eigenvalue weighted by Crippen LogP contribution is 1.86. The van der Waals surface area contributed by atoms with Crippen LogP contribution < -0.4 is 11.1 Å². The monoisotopic (exact) mass is 190 g/mol. The summed E-state index contributed by atoms with van der Waals surface area (Å²) in [4.78, 5) is 20.4. The molecule has 0 fully saturated rings. The lowest BCUT2D eigenvalue weighted by atomic mass is 10.3. The molecule has 1 atom stereocenters. The van der Waals surface area contributed by atoms with Crippen LogP contribution in [0.15, 0.2) is 0 Å². The highest BCUT2D eigenvalue weighted by Gasteiger charge is 2.08. The number of nitrogens with one attached hydrogen (secondary N) is 1. The SMILES string of the molecule is NC(=O)C(O)CNCCCC(=O)O. The molecule has 13 heavy (non-hydrogen) atoms. The van der Waals surface area contributed by atoms with Gasteiger partial charge in [0.25, 0.3) is 0 Å². The highest BCUT2D eigenvalue weighted by atomic mass is 16.4. The fraction of sp³-hybridized carbons (Fsp3) is 0.714. The van der Waals surface area contributed by atoms with Crippen LogP contribution in [0.5, 0.6) is 0 Å². The summed E-state index contributed by atoms with van der Waals surface area (Å²) in [5.74, 6) is -1.65. The molecule has 0 rings (SSSR count). The molecule has 0 saturated heterocycles. The van der Waals surface area contributed by atoms with E-state index < -0.39 is 18.0 Å². The predicted octanol–water partition coefficient (Wildman–Crippen LogP) is -1.71. The van der Waals surface area contributed by atoms with Gasteiger partial charge in [0, 0.05) is 13.0 Å². The van der Waals surface area contributed by atoms with Crippen molar-refractivity contribution in [2.75, 3.05) is 13.1 Å². The van der Waals surface area contributed by atoms with Gasteiger partial charge in [-0.25, -0.2) is 0 Å². The van der Waals surface area contributed by atoms with Gasteiger partial charge in [-0.3, -0.25) is 9.59 Å². The predicted molar refractivity (Wildman–Crippen MR) is 44.9 cm³/mol. The minimum Gasteiger partial charge on any atom is -0.481 e. The Kier molecular flexibility index (Phi) is 5.82. The molecular weight excluding hydrogens is 176 g/mol. The number of hydrogen-bond donors (Lipinski definition) is 4. The van der Waals surface area contributed by atoms with Crippen molar-refractivity contribution < 1.29 is 19.8 Å². The summed E-state index contributed by atoms with van der Waals surface area (Å²) in [5, 5.41) is 19.8. The summed E-state index contributed by atoms with van der Waals surface area (Å²) in [7, 11) is 0. The summed E-state index contributed by atoms with van der Waals surface area (Å²) in [6.07, 6.45) is -0.676. The molecule has 76 valence electrons. The third-order valence-electron chi connectivity index (χ3n) is 1.41. The van der Waals surface area contributed by atoms with Gasteiger partial charge in [0.1, 0.15) is 6.10 Å². The number of carboxylic acids is 1. The van der Waals surface area contributed by atoms with Crippen molar-refractivity contribution in [3.8, 4) is 0 Å². The quantitative estimate of drug-likeness (QED) is 0.357. The Labute approximate surface area is 75.7 Å². The van der Waals surface area contributed by atoms with E-state index >= 15 is 0 Å². The van der Waals surface area contributed by atoms with Gasteiger partial charge in [-0.2, -0.15) is 0 Å². The fourth-order valence-electron chi connectivity index (χ4n) is 0.704. The summed E-state index contributed by atoms with van der Waals surface area (Å²) < 4.78 is 0. The average molecular weight is 190 g/mol. The van der Waals surface area contributed by atoms with Crippen molar-refractivity contribution in [1.82, 2.24) is 5.32 Å². The molecule has 5 N–H and O–H groups in total. The fourth-order valence-corrected chi connectivity index (χ4v) is 0.704. The Morgan fingerprint density at radius 3 is 2.54 bits per heavy atom. The minimum atomic E-state index is -1.20. The van der Waals surface area contributed by atoms with Gasteiger partial charge in [-0.1, -0.05) is 0 Å². The lowest BCUT2D eigenvalue weighted by Crippen LogP contribution is -2.37. The zero-order valence-corrected chi connectivity index (χ0v) is 7.19. The van der Waals surface area contributed by atoms with Crippen molar-refractivity contribution in [2.45, 2.75) is 18.9 Å². The number of primary amides is 1. The number of nitrogens with two attached hydrogens (primary N) is 1. The zero-order chi connectivity index (χ0) is 10.3. The van der Waals surface area contributed by atoms with Gasteiger partial charge in [0.15, 0.2) is 0 Å². The summed E-state index contributed by atoms with van der Waals surface area (Å²) >= 11 is 0. The van der Waals surface area contributed by atoms with E-state index in [1.54, 1.807) is 0 Å². The van der Waals surface area contributed by atoms with Crippen LogP contribution >= 0.6 is 0 Å². The maximum Gasteiger partial charge on any atom is 0.303 e. The molecule has 0 aromatic rings. The third kappa shape index (κ3) is 7.23. The van der Waals surface area contributed by atoms with Crippen LogP contribution in [0.2, 0.25) is 0 Å². The lowest BCUT2D eigenvalue weighted by molar-refractivity contribution is -0.137. The molecule has 0 saturated carbocycles. The summed E-state index contributed by atoms with van der Waals surface area (Å²) in [5.41, 5.74) is 4.78. The maximum atomic E-state index is 10.3. The van der Waals surface area contributed by atoms with Crippen molar-refractivity contribution in [3.63, 3.8) is 0 Å². The van der Waals surface area contributed by atoms with Gasteiger partial charge in [0.05, 0.1) is 0 Å². The van der Waals surface area contributed by atoms with Crippen molar-refractivity contribution in [3.05, 3.63) is 0 Å². The molecule has 0 aromatic carbocycles. The summed E-state index contributed by atoms with van der Waals surface area (Å²) in [6.45, 7) is 0.506. The van der Waals surface area contributed by atoms with Crippen LogP contribution in [0, 0.1) is 0 Å². The number of aliphatic hydroxyl groups is 1. The molecule has 0 heterocycles. The smallest absolute Gasteiger partial charge is 0.303 e. The number of carbonyl (C=O) groups excluding carboxylic acids is 1. The van der Waals surface area contributed by atoms with Crippen LogP contribution in [0.3, 0.4) is 0 Å². The number of hydrogen-bond acceptors (Lipinski definition) is 4. The van der Waals surface area contributed by atoms with Crippen molar-refractivity contribution >= 4 is 11.9 Å². The Hall–Kier alpha value is -1.14. The number of carbonyl (C=O) groups is 2. The number of aliphatic carboxylic acids is 1. The molecule has 0 bridgehead atoms. The van der Waals surface area contributed by atoms with Crippen LogP contribution in [-0.4, -0.2) is 41.3 Å². The van der Waals surface area contributed by atoms with E-state index in [2.05, 4.69) is 5.32 Å². The van der Waals surface area contributed by atoms with Gasteiger partial charge in [-0.15, -0.1) is 0 Å². The Morgan fingerprint density at radius 2 is 2.08 bits per heavy atom. The standard InChI is InChI=1S/C7H14N2O4/c8-7(13)5(10)4-9-3-1-2-6(11)12/h5,9-10H,1-4H2,(H2,8,13)(H,11,12). The molecule has 6 heteroatoms. The van der Waals surface area contributed by atoms with E-state index in [-0.39, 0.29) is 13.0 Å². The number of aliphatic hydroxyl groups excluding tert-OH is 1. The molecule has 0 aliphatic rings. The van der Waals surface area contributed by atoms with E-state index in [4.69, 9.17) is 15.9 Å². The van der Waals surface area contributed by atoms with E-state index in [0.29, 0.717) is 13.0 Å². The van der Waals surface area contributed by atoms with E-state index in [1.165, 1.54) is 0 Å². The molecular formula is C7H14N2O4. The molecule has 1 amide bonds. The molecule has 0 spiro atoms. The summed E-state index contributed by atoms with van der Waals surface area (Å²) in [6, 6.07) is 0. The number of carboxylic acid groups (broad SMARTS) is 1. The molecule has 6 nitrogen and oxygen atoms in total. The van der Waals surface area contributed by atoms with Crippen LogP contribution in [0.1, 0.15) is 12.8 Å².